The lowest BCUT2D eigenvalue weighted by molar-refractivity contribution is -0.120. The maximum absolute atomic E-state index is 11.5. The molecule has 1 saturated heterocycles. The molecular formula is C14H22N4OS. The van der Waals surface area contributed by atoms with E-state index in [-0.39, 0.29) is 5.91 Å². The Morgan fingerprint density at radius 2 is 2.45 bits per heavy atom. The summed E-state index contributed by atoms with van der Waals surface area (Å²) in [6.07, 6.45) is 4.65. The van der Waals surface area contributed by atoms with Gasteiger partial charge in [-0.05, 0) is 32.2 Å². The fraction of sp³-hybridized carbons (Fsp3) is 0.714. The predicted molar refractivity (Wildman–Crippen MR) is 81.3 cm³/mol. The second-order valence-corrected chi connectivity index (χ2v) is 6.49. The van der Waals surface area contributed by atoms with Crippen LogP contribution in [0.2, 0.25) is 0 Å². The molecule has 1 atom stereocenters. The third-order valence-electron chi connectivity index (χ3n) is 3.89. The van der Waals surface area contributed by atoms with Crippen LogP contribution in [0.3, 0.4) is 0 Å². The lowest BCUT2D eigenvalue weighted by Crippen LogP contribution is -2.47. The van der Waals surface area contributed by atoms with E-state index >= 15 is 0 Å². The van der Waals surface area contributed by atoms with Crippen LogP contribution < -0.4 is 15.5 Å². The highest BCUT2D eigenvalue weighted by molar-refractivity contribution is 7.15. The number of rotatable bonds is 4. The van der Waals surface area contributed by atoms with Gasteiger partial charge in [-0.3, -0.25) is 4.79 Å². The van der Waals surface area contributed by atoms with Gasteiger partial charge in [-0.25, -0.2) is 4.98 Å². The topological polar surface area (TPSA) is 57.3 Å². The summed E-state index contributed by atoms with van der Waals surface area (Å²) in [5, 5.41) is 7.51. The minimum atomic E-state index is 0.102. The number of hydrogen-bond acceptors (Lipinski definition) is 5. The van der Waals surface area contributed by atoms with Crippen molar-refractivity contribution in [3.05, 3.63) is 10.6 Å². The van der Waals surface area contributed by atoms with Crippen LogP contribution in [0.25, 0.3) is 0 Å². The molecule has 0 radical (unpaired) electrons. The minimum Gasteiger partial charge on any atom is -0.353 e. The third kappa shape index (κ3) is 2.81. The molecule has 1 aliphatic heterocycles. The highest BCUT2D eigenvalue weighted by atomic mass is 32.1. The Morgan fingerprint density at radius 1 is 1.55 bits per heavy atom. The fourth-order valence-electron chi connectivity index (χ4n) is 2.86. The van der Waals surface area contributed by atoms with Gasteiger partial charge in [0.1, 0.15) is 0 Å². The molecule has 2 aliphatic rings. The number of aromatic nitrogens is 1. The second kappa shape index (κ2) is 6.10. The molecule has 0 bridgehead atoms. The molecule has 1 fully saturated rings. The molecule has 6 heteroatoms. The van der Waals surface area contributed by atoms with E-state index in [1.54, 1.807) is 11.3 Å². The van der Waals surface area contributed by atoms with Gasteiger partial charge in [-0.15, -0.1) is 0 Å². The summed E-state index contributed by atoms with van der Waals surface area (Å²) in [7, 11) is 0. The minimum absolute atomic E-state index is 0.102. The van der Waals surface area contributed by atoms with Gasteiger partial charge in [-0.2, -0.15) is 0 Å². The lowest BCUT2D eigenvalue weighted by atomic mass is 9.98. The Labute approximate surface area is 123 Å². The molecule has 1 aromatic rings. The number of hydrogen-bond donors (Lipinski definition) is 2. The van der Waals surface area contributed by atoms with Gasteiger partial charge in [0.25, 0.3) is 0 Å². The lowest BCUT2D eigenvalue weighted by Gasteiger charge is -2.25. The molecule has 1 aliphatic carbocycles. The molecule has 5 nitrogen and oxygen atoms in total. The third-order valence-corrected chi connectivity index (χ3v) is 5.16. The zero-order valence-corrected chi connectivity index (χ0v) is 12.8. The van der Waals surface area contributed by atoms with Crippen molar-refractivity contribution in [2.24, 2.45) is 0 Å². The van der Waals surface area contributed by atoms with Crippen LogP contribution in [0.4, 0.5) is 5.13 Å². The van der Waals surface area contributed by atoms with E-state index in [2.05, 4.69) is 22.5 Å². The largest absolute Gasteiger partial charge is 0.353 e. The van der Waals surface area contributed by atoms with Crippen molar-refractivity contribution in [3.8, 4) is 0 Å². The standard InChI is InChI=1S/C14H22N4OS/c1-2-6-15-10-4-3-5-11-13(10)20-14(17-11)18-8-7-16-12(19)9-18/h10,15H,2-9H2,1H3,(H,16,19). The number of fused-ring (bicyclic) bond motifs is 1. The summed E-state index contributed by atoms with van der Waals surface area (Å²) in [5.74, 6) is 0.102. The van der Waals surface area contributed by atoms with Crippen LogP contribution in [-0.2, 0) is 11.2 Å². The summed E-state index contributed by atoms with van der Waals surface area (Å²) in [4.78, 5) is 19.8. The van der Waals surface area contributed by atoms with Gasteiger partial charge in [-0.1, -0.05) is 18.3 Å². The normalized spacial score (nSPS) is 22.6. The first-order chi connectivity index (χ1) is 9.78. The van der Waals surface area contributed by atoms with E-state index in [9.17, 15) is 4.79 Å². The molecule has 0 aromatic carbocycles. The Balaban J connectivity index is 1.78. The van der Waals surface area contributed by atoms with Crippen LogP contribution in [0.1, 0.15) is 42.8 Å². The summed E-state index contributed by atoms with van der Waals surface area (Å²) in [5.41, 5.74) is 1.25. The Kier molecular flexibility index (Phi) is 4.21. The van der Waals surface area contributed by atoms with Crippen molar-refractivity contribution in [2.45, 2.75) is 38.6 Å². The summed E-state index contributed by atoms with van der Waals surface area (Å²) in [6, 6.07) is 0.462. The van der Waals surface area contributed by atoms with Gasteiger partial charge in [0.2, 0.25) is 5.91 Å². The maximum atomic E-state index is 11.5. The van der Waals surface area contributed by atoms with Crippen molar-refractivity contribution in [1.29, 1.82) is 0 Å². The Morgan fingerprint density at radius 3 is 3.25 bits per heavy atom. The molecular weight excluding hydrogens is 272 g/mol. The number of nitrogens with zero attached hydrogens (tertiary/aromatic N) is 2. The number of aryl methyl sites for hydroxylation is 1. The van der Waals surface area contributed by atoms with E-state index in [4.69, 9.17) is 4.98 Å². The number of anilines is 1. The number of nitrogens with one attached hydrogen (secondary N) is 2. The van der Waals surface area contributed by atoms with E-state index in [0.29, 0.717) is 12.6 Å². The van der Waals surface area contributed by atoms with Gasteiger partial charge in [0, 0.05) is 24.0 Å². The number of thiazole rings is 1. The second-order valence-electron chi connectivity index (χ2n) is 5.48. The molecule has 1 amide bonds. The van der Waals surface area contributed by atoms with E-state index in [1.807, 2.05) is 0 Å². The van der Waals surface area contributed by atoms with Crippen LogP contribution in [0.5, 0.6) is 0 Å². The van der Waals surface area contributed by atoms with E-state index in [0.717, 1.165) is 37.6 Å². The first-order valence-electron chi connectivity index (χ1n) is 7.52. The first kappa shape index (κ1) is 13.8. The maximum Gasteiger partial charge on any atom is 0.239 e. The fourth-order valence-corrected chi connectivity index (χ4v) is 4.10. The zero-order chi connectivity index (χ0) is 13.9. The molecule has 0 spiro atoms. The van der Waals surface area contributed by atoms with Crippen molar-refractivity contribution < 1.29 is 4.79 Å². The van der Waals surface area contributed by atoms with Crippen molar-refractivity contribution >= 4 is 22.4 Å². The number of amides is 1. The Bertz CT molecular complexity index is 488. The van der Waals surface area contributed by atoms with Crippen LogP contribution in [0.15, 0.2) is 0 Å². The molecule has 1 aromatic heterocycles. The summed E-state index contributed by atoms with van der Waals surface area (Å²) in [6.45, 7) is 5.29. The monoisotopic (exact) mass is 294 g/mol. The van der Waals surface area contributed by atoms with Crippen molar-refractivity contribution in [3.63, 3.8) is 0 Å². The average molecular weight is 294 g/mol. The summed E-state index contributed by atoms with van der Waals surface area (Å²) < 4.78 is 0. The average Bonchev–Trinajstić information content (AvgIpc) is 2.89. The molecule has 1 unspecified atom stereocenters. The smallest absolute Gasteiger partial charge is 0.239 e. The first-order valence-corrected chi connectivity index (χ1v) is 8.34. The molecule has 20 heavy (non-hydrogen) atoms. The van der Waals surface area contributed by atoms with Gasteiger partial charge in [0.05, 0.1) is 12.2 Å². The highest BCUT2D eigenvalue weighted by Crippen LogP contribution is 2.37. The number of carbonyl (C=O) groups is 1. The molecule has 2 N–H and O–H groups in total. The van der Waals surface area contributed by atoms with E-state index in [1.165, 1.54) is 23.4 Å². The van der Waals surface area contributed by atoms with Gasteiger partial charge < -0.3 is 15.5 Å². The van der Waals surface area contributed by atoms with E-state index < -0.39 is 0 Å². The molecule has 0 saturated carbocycles. The van der Waals surface area contributed by atoms with Crippen molar-refractivity contribution in [2.75, 3.05) is 31.1 Å². The molecule has 3 rings (SSSR count). The van der Waals surface area contributed by atoms with Crippen LogP contribution in [0, 0.1) is 0 Å². The number of carbonyl (C=O) groups excluding carboxylic acids is 1. The zero-order valence-electron chi connectivity index (χ0n) is 11.9. The van der Waals surface area contributed by atoms with Crippen LogP contribution in [-0.4, -0.2) is 37.1 Å². The summed E-state index contributed by atoms with van der Waals surface area (Å²) >= 11 is 1.77. The predicted octanol–water partition coefficient (Wildman–Crippen LogP) is 1.46. The molecule has 2 heterocycles. The SMILES string of the molecule is CCCNC1CCCc2nc(N3CCNC(=O)C3)sc21. The number of piperazine rings is 1. The molecule has 110 valence electrons. The van der Waals surface area contributed by atoms with Crippen molar-refractivity contribution in [1.82, 2.24) is 15.6 Å². The Hall–Kier alpha value is -1.14. The van der Waals surface area contributed by atoms with Gasteiger partial charge >= 0.3 is 0 Å². The highest BCUT2D eigenvalue weighted by Gasteiger charge is 2.27. The van der Waals surface area contributed by atoms with Gasteiger partial charge in [0.15, 0.2) is 5.13 Å². The quantitative estimate of drug-likeness (QED) is 0.882. The van der Waals surface area contributed by atoms with Crippen LogP contribution >= 0.6 is 11.3 Å².